The molecule has 0 fully saturated rings. The van der Waals surface area contributed by atoms with Crippen LogP contribution in [0.1, 0.15) is 17.2 Å². The molecule has 2 aromatic rings. The topological polar surface area (TPSA) is 71.0 Å². The van der Waals surface area contributed by atoms with Gasteiger partial charge in [0.25, 0.3) is 0 Å². The number of nitrogens with one attached hydrogen (secondary N) is 1. The highest BCUT2D eigenvalue weighted by atomic mass is 16.7. The van der Waals surface area contributed by atoms with Crippen LogP contribution in [0, 0.1) is 0 Å². The molecule has 3 rings (SSSR count). The molecule has 2 aromatic carbocycles. The van der Waals surface area contributed by atoms with Crippen molar-refractivity contribution in [3.63, 3.8) is 0 Å². The highest BCUT2D eigenvalue weighted by Gasteiger charge is 2.17. The van der Waals surface area contributed by atoms with Gasteiger partial charge in [0, 0.05) is 24.7 Å². The van der Waals surface area contributed by atoms with Crippen LogP contribution < -0.4 is 14.8 Å². The maximum absolute atomic E-state index is 10.1. The lowest BCUT2D eigenvalue weighted by atomic mass is 10.1. The second-order valence-electron chi connectivity index (χ2n) is 4.89. The predicted molar refractivity (Wildman–Crippen MR) is 77.3 cm³/mol. The van der Waals surface area contributed by atoms with Crippen molar-refractivity contribution < 1.29 is 19.7 Å². The maximum atomic E-state index is 10.1. The molecule has 5 nitrogen and oxygen atoms in total. The normalized spacial score (nSPS) is 14.1. The summed E-state index contributed by atoms with van der Waals surface area (Å²) in [4.78, 5) is 0. The summed E-state index contributed by atoms with van der Waals surface area (Å²) >= 11 is 0. The standard InChI is InChI=1S/C16H17NO4/c18-13-7-16-15(20-10-21-16)6-12(13)8-17-9-14(19)11-4-2-1-3-5-11/h1-7,14,17-19H,8-10H2. The van der Waals surface area contributed by atoms with Crippen LogP contribution in [0.4, 0.5) is 0 Å². The quantitative estimate of drug-likeness (QED) is 0.784. The molecule has 1 unspecified atom stereocenters. The second-order valence-corrected chi connectivity index (χ2v) is 4.89. The molecule has 0 amide bonds. The van der Waals surface area contributed by atoms with Gasteiger partial charge in [-0.1, -0.05) is 30.3 Å². The summed E-state index contributed by atoms with van der Waals surface area (Å²) in [5.41, 5.74) is 1.57. The van der Waals surface area contributed by atoms with E-state index >= 15 is 0 Å². The fourth-order valence-electron chi connectivity index (χ4n) is 2.25. The van der Waals surface area contributed by atoms with E-state index < -0.39 is 6.10 Å². The van der Waals surface area contributed by atoms with Gasteiger partial charge in [0.15, 0.2) is 11.5 Å². The first kappa shape index (κ1) is 13.7. The van der Waals surface area contributed by atoms with Crippen LogP contribution >= 0.6 is 0 Å². The van der Waals surface area contributed by atoms with Gasteiger partial charge >= 0.3 is 0 Å². The third-order valence-corrected chi connectivity index (χ3v) is 3.41. The SMILES string of the molecule is Oc1cc2c(cc1CNCC(O)c1ccccc1)OCO2. The molecule has 3 N–H and O–H groups in total. The van der Waals surface area contributed by atoms with Gasteiger partial charge in [0.2, 0.25) is 6.79 Å². The van der Waals surface area contributed by atoms with Crippen LogP contribution in [-0.4, -0.2) is 23.6 Å². The van der Waals surface area contributed by atoms with Gasteiger partial charge in [-0.15, -0.1) is 0 Å². The largest absolute Gasteiger partial charge is 0.507 e. The van der Waals surface area contributed by atoms with Crippen molar-refractivity contribution in [3.8, 4) is 17.2 Å². The van der Waals surface area contributed by atoms with Crippen LogP contribution in [0.3, 0.4) is 0 Å². The zero-order valence-corrected chi connectivity index (χ0v) is 11.5. The Kier molecular flexibility index (Phi) is 3.94. The first-order valence-corrected chi connectivity index (χ1v) is 6.79. The summed E-state index contributed by atoms with van der Waals surface area (Å²) in [6.45, 7) is 1.02. The fourth-order valence-corrected chi connectivity index (χ4v) is 2.25. The van der Waals surface area contributed by atoms with Gasteiger partial charge in [0.05, 0.1) is 6.10 Å². The van der Waals surface area contributed by atoms with Crippen LogP contribution in [0.5, 0.6) is 17.2 Å². The Hall–Kier alpha value is -2.24. The number of fused-ring (bicyclic) bond motifs is 1. The monoisotopic (exact) mass is 287 g/mol. The first-order valence-electron chi connectivity index (χ1n) is 6.79. The molecule has 1 aliphatic heterocycles. The van der Waals surface area contributed by atoms with Crippen LogP contribution in [-0.2, 0) is 6.54 Å². The van der Waals surface area contributed by atoms with Crippen LogP contribution in [0.2, 0.25) is 0 Å². The molecule has 0 radical (unpaired) electrons. The number of aliphatic hydroxyl groups excluding tert-OH is 1. The molecule has 1 aliphatic rings. The smallest absolute Gasteiger partial charge is 0.231 e. The van der Waals surface area contributed by atoms with Crippen molar-refractivity contribution in [2.24, 2.45) is 0 Å². The van der Waals surface area contributed by atoms with Gasteiger partial charge < -0.3 is 25.0 Å². The number of phenols is 1. The third-order valence-electron chi connectivity index (χ3n) is 3.41. The number of hydrogen-bond donors (Lipinski definition) is 3. The van der Waals surface area contributed by atoms with Gasteiger partial charge in [-0.05, 0) is 11.6 Å². The van der Waals surface area contributed by atoms with E-state index in [0.29, 0.717) is 30.2 Å². The molecule has 110 valence electrons. The van der Waals surface area contributed by atoms with E-state index in [2.05, 4.69) is 5.32 Å². The van der Waals surface area contributed by atoms with Crippen LogP contribution in [0.25, 0.3) is 0 Å². The Morgan fingerprint density at radius 2 is 1.81 bits per heavy atom. The van der Waals surface area contributed by atoms with Gasteiger partial charge in [-0.25, -0.2) is 0 Å². The average molecular weight is 287 g/mol. The van der Waals surface area contributed by atoms with Crippen molar-refractivity contribution >= 4 is 0 Å². The van der Waals surface area contributed by atoms with Gasteiger partial charge in [-0.3, -0.25) is 0 Å². The zero-order valence-electron chi connectivity index (χ0n) is 11.5. The van der Waals surface area contributed by atoms with E-state index in [4.69, 9.17) is 9.47 Å². The summed E-state index contributed by atoms with van der Waals surface area (Å²) in [7, 11) is 0. The Labute approximate surface area is 122 Å². The maximum Gasteiger partial charge on any atom is 0.231 e. The summed E-state index contributed by atoms with van der Waals surface area (Å²) in [5, 5.41) is 23.1. The zero-order chi connectivity index (χ0) is 14.7. The number of benzene rings is 2. The second kappa shape index (κ2) is 6.03. The number of ether oxygens (including phenoxy) is 2. The molecular formula is C16H17NO4. The van der Waals surface area contributed by atoms with Crippen molar-refractivity contribution in [3.05, 3.63) is 53.6 Å². The number of rotatable bonds is 5. The molecule has 5 heteroatoms. The summed E-state index contributed by atoms with van der Waals surface area (Å²) < 4.78 is 10.5. The molecule has 1 heterocycles. The highest BCUT2D eigenvalue weighted by molar-refractivity contribution is 5.51. The van der Waals surface area contributed by atoms with E-state index in [0.717, 1.165) is 5.56 Å². The van der Waals surface area contributed by atoms with Crippen molar-refractivity contribution in [1.82, 2.24) is 5.32 Å². The highest BCUT2D eigenvalue weighted by Crippen LogP contribution is 2.37. The summed E-state index contributed by atoms with van der Waals surface area (Å²) in [5.74, 6) is 1.34. The Balaban J connectivity index is 1.58. The van der Waals surface area contributed by atoms with Gasteiger partial charge in [-0.2, -0.15) is 0 Å². The lowest BCUT2D eigenvalue weighted by Gasteiger charge is -2.13. The van der Waals surface area contributed by atoms with E-state index in [-0.39, 0.29) is 12.5 Å². The Morgan fingerprint density at radius 1 is 1.10 bits per heavy atom. The average Bonchev–Trinajstić information content (AvgIpc) is 2.95. The van der Waals surface area contributed by atoms with Crippen molar-refractivity contribution in [2.45, 2.75) is 12.6 Å². The predicted octanol–water partition coefficient (Wildman–Crippen LogP) is 1.94. The number of aliphatic hydroxyl groups is 1. The Morgan fingerprint density at radius 3 is 2.57 bits per heavy atom. The Bertz CT molecular complexity index is 615. The molecule has 0 saturated heterocycles. The lowest BCUT2D eigenvalue weighted by molar-refractivity contribution is 0.173. The van der Waals surface area contributed by atoms with E-state index in [1.807, 2.05) is 30.3 Å². The first-order chi connectivity index (χ1) is 10.2. The van der Waals surface area contributed by atoms with Gasteiger partial charge in [0.1, 0.15) is 5.75 Å². The van der Waals surface area contributed by atoms with Crippen LogP contribution in [0.15, 0.2) is 42.5 Å². The molecule has 0 aromatic heterocycles. The van der Waals surface area contributed by atoms with Crippen molar-refractivity contribution in [2.75, 3.05) is 13.3 Å². The fraction of sp³-hybridized carbons (Fsp3) is 0.250. The van der Waals surface area contributed by atoms with E-state index in [1.165, 1.54) is 0 Å². The molecule has 0 bridgehead atoms. The number of phenolic OH excluding ortho intramolecular Hbond substituents is 1. The summed E-state index contributed by atoms with van der Waals surface area (Å²) in [6, 6.07) is 12.8. The number of hydrogen-bond acceptors (Lipinski definition) is 5. The van der Waals surface area contributed by atoms with Crippen molar-refractivity contribution in [1.29, 1.82) is 0 Å². The molecule has 21 heavy (non-hydrogen) atoms. The minimum absolute atomic E-state index is 0.154. The molecule has 0 aliphatic carbocycles. The molecular weight excluding hydrogens is 270 g/mol. The lowest BCUT2D eigenvalue weighted by Crippen LogP contribution is -2.21. The molecule has 0 spiro atoms. The third kappa shape index (κ3) is 3.09. The minimum atomic E-state index is -0.581. The summed E-state index contributed by atoms with van der Waals surface area (Å²) in [6.07, 6.45) is -0.581. The molecule has 1 atom stereocenters. The van der Waals surface area contributed by atoms with E-state index in [1.54, 1.807) is 12.1 Å². The minimum Gasteiger partial charge on any atom is -0.507 e. The molecule has 0 saturated carbocycles. The number of aromatic hydroxyl groups is 1. The van der Waals surface area contributed by atoms with E-state index in [9.17, 15) is 10.2 Å².